The first kappa shape index (κ1) is 17.5. The average Bonchev–Trinajstić information content (AvgIpc) is 2.73. The third-order valence-electron chi connectivity index (χ3n) is 3.45. The minimum atomic E-state index is 0.449. The van der Waals surface area contributed by atoms with E-state index in [0.717, 1.165) is 8.81 Å². The third kappa shape index (κ3) is 6.61. The molecule has 0 aliphatic rings. The van der Waals surface area contributed by atoms with Crippen LogP contribution in [-0.2, 0) is 0 Å². The molecule has 1 heterocycles. The molecule has 1 nitrogen and oxygen atoms in total. The Hall–Kier alpha value is 0.430. The van der Waals surface area contributed by atoms with E-state index in [4.69, 9.17) is 11.6 Å². The van der Waals surface area contributed by atoms with Gasteiger partial charge in [-0.3, -0.25) is 0 Å². The molecule has 1 aromatic rings. The van der Waals surface area contributed by atoms with Gasteiger partial charge in [0.05, 0.1) is 8.81 Å². The summed E-state index contributed by atoms with van der Waals surface area (Å²) in [5.74, 6) is 0. The van der Waals surface area contributed by atoms with Gasteiger partial charge in [0.1, 0.15) is 0 Å². The summed E-state index contributed by atoms with van der Waals surface area (Å²) >= 11 is 11.3. The second-order valence-corrected chi connectivity index (χ2v) is 7.83. The second-order valence-electron chi connectivity index (χ2n) is 5.02. The summed E-state index contributed by atoms with van der Waals surface area (Å²) < 4.78 is 1.05. The van der Waals surface area contributed by atoms with Gasteiger partial charge in [0.2, 0.25) is 0 Å². The van der Waals surface area contributed by atoms with E-state index in [0.29, 0.717) is 6.04 Å². The van der Waals surface area contributed by atoms with Crippen LogP contribution >= 0.6 is 38.9 Å². The predicted octanol–water partition coefficient (Wildman–Crippen LogP) is 6.57. The number of unbranched alkanes of at least 4 members (excludes halogenated alkanes) is 6. The zero-order valence-corrected chi connectivity index (χ0v) is 15.1. The van der Waals surface area contributed by atoms with E-state index in [9.17, 15) is 0 Å². The summed E-state index contributed by atoms with van der Waals surface area (Å²) in [6.07, 6.45) is 10.7. The van der Waals surface area contributed by atoms with E-state index in [1.165, 1.54) is 56.2 Å². The van der Waals surface area contributed by atoms with Gasteiger partial charge in [0.15, 0.2) is 0 Å². The minimum Gasteiger partial charge on any atom is -0.312 e. The zero-order chi connectivity index (χ0) is 14.1. The van der Waals surface area contributed by atoms with Gasteiger partial charge in [-0.1, -0.05) is 63.5 Å². The number of hydrogen-bond donors (Lipinski definition) is 1. The number of nitrogens with one attached hydrogen (secondary N) is 1. The quantitative estimate of drug-likeness (QED) is 0.462. The van der Waals surface area contributed by atoms with E-state index < -0.39 is 0 Å². The SMILES string of the molecule is CCCCCCCCCC(NC)c1cc(Cl)c(Br)s1. The highest BCUT2D eigenvalue weighted by Crippen LogP contribution is 2.36. The molecule has 0 fully saturated rings. The van der Waals surface area contributed by atoms with Crippen molar-refractivity contribution in [3.8, 4) is 0 Å². The molecule has 0 spiro atoms. The van der Waals surface area contributed by atoms with Crippen LogP contribution in [0.4, 0.5) is 0 Å². The summed E-state index contributed by atoms with van der Waals surface area (Å²) in [5, 5.41) is 4.23. The van der Waals surface area contributed by atoms with Crippen molar-refractivity contribution >= 4 is 38.9 Å². The minimum absolute atomic E-state index is 0.449. The number of hydrogen-bond acceptors (Lipinski definition) is 2. The fraction of sp³-hybridized carbons (Fsp3) is 0.733. The topological polar surface area (TPSA) is 12.0 Å². The smallest absolute Gasteiger partial charge is 0.0887 e. The van der Waals surface area contributed by atoms with Crippen LogP contribution in [0.5, 0.6) is 0 Å². The first-order chi connectivity index (χ1) is 9.19. The molecule has 0 saturated heterocycles. The van der Waals surface area contributed by atoms with Crippen molar-refractivity contribution in [3.63, 3.8) is 0 Å². The fourth-order valence-corrected chi connectivity index (χ4v) is 4.16. The van der Waals surface area contributed by atoms with Crippen molar-refractivity contribution in [3.05, 3.63) is 19.8 Å². The Bertz CT molecular complexity index is 334. The van der Waals surface area contributed by atoms with Crippen molar-refractivity contribution in [2.45, 2.75) is 64.3 Å². The molecular formula is C15H25BrClNS. The maximum atomic E-state index is 6.10. The molecule has 4 heteroatoms. The summed E-state index contributed by atoms with van der Waals surface area (Å²) in [4.78, 5) is 1.34. The van der Waals surface area contributed by atoms with Gasteiger partial charge in [-0.2, -0.15) is 0 Å². The molecule has 1 aromatic heterocycles. The fourth-order valence-electron chi connectivity index (χ4n) is 2.27. The molecule has 0 aromatic carbocycles. The van der Waals surface area contributed by atoms with Crippen LogP contribution < -0.4 is 5.32 Å². The molecule has 1 rings (SSSR count). The summed E-state index contributed by atoms with van der Waals surface area (Å²) in [6.45, 7) is 2.27. The molecule has 0 aliphatic carbocycles. The lowest BCUT2D eigenvalue weighted by atomic mass is 10.0. The van der Waals surface area contributed by atoms with Crippen LogP contribution in [0.2, 0.25) is 5.02 Å². The highest BCUT2D eigenvalue weighted by Gasteiger charge is 2.13. The molecule has 19 heavy (non-hydrogen) atoms. The van der Waals surface area contributed by atoms with Crippen LogP contribution in [0.25, 0.3) is 0 Å². The lowest BCUT2D eigenvalue weighted by molar-refractivity contribution is 0.501. The Morgan fingerprint density at radius 2 is 1.84 bits per heavy atom. The van der Waals surface area contributed by atoms with E-state index >= 15 is 0 Å². The molecule has 0 radical (unpaired) electrons. The monoisotopic (exact) mass is 365 g/mol. The number of thiophene rings is 1. The van der Waals surface area contributed by atoms with Crippen LogP contribution in [-0.4, -0.2) is 7.05 Å². The van der Waals surface area contributed by atoms with Crippen molar-refractivity contribution in [1.82, 2.24) is 5.32 Å². The maximum absolute atomic E-state index is 6.10. The van der Waals surface area contributed by atoms with Gasteiger partial charge in [-0.25, -0.2) is 0 Å². The van der Waals surface area contributed by atoms with E-state index in [1.54, 1.807) is 11.3 Å². The number of rotatable bonds is 10. The highest BCUT2D eigenvalue weighted by atomic mass is 79.9. The van der Waals surface area contributed by atoms with Crippen molar-refractivity contribution < 1.29 is 0 Å². The summed E-state index contributed by atoms with van der Waals surface area (Å²) in [5.41, 5.74) is 0. The van der Waals surface area contributed by atoms with Gasteiger partial charge < -0.3 is 5.32 Å². The Morgan fingerprint density at radius 1 is 1.21 bits per heavy atom. The summed E-state index contributed by atoms with van der Waals surface area (Å²) in [7, 11) is 2.04. The molecule has 1 atom stereocenters. The van der Waals surface area contributed by atoms with Crippen molar-refractivity contribution in [2.24, 2.45) is 0 Å². The Morgan fingerprint density at radius 3 is 2.37 bits per heavy atom. The lowest BCUT2D eigenvalue weighted by Gasteiger charge is -2.14. The normalized spacial score (nSPS) is 12.8. The predicted molar refractivity (Wildman–Crippen MR) is 91.4 cm³/mol. The van der Waals surface area contributed by atoms with Crippen LogP contribution in [0.15, 0.2) is 9.85 Å². The Kier molecular flexibility index (Phi) is 9.38. The molecule has 1 unspecified atom stereocenters. The van der Waals surface area contributed by atoms with Crippen molar-refractivity contribution in [1.29, 1.82) is 0 Å². The maximum Gasteiger partial charge on any atom is 0.0887 e. The molecule has 0 bridgehead atoms. The van der Waals surface area contributed by atoms with Gasteiger partial charge in [-0.15, -0.1) is 11.3 Å². The van der Waals surface area contributed by atoms with Gasteiger partial charge >= 0.3 is 0 Å². The standard InChI is InChI=1S/C15H25BrClNS/c1-3-4-5-6-7-8-9-10-13(18-2)14-11-12(17)15(16)19-14/h11,13,18H,3-10H2,1-2H3. The number of halogens is 2. The third-order valence-corrected chi connectivity index (χ3v) is 6.04. The molecule has 1 N–H and O–H groups in total. The Labute approximate surface area is 135 Å². The largest absolute Gasteiger partial charge is 0.312 e. The summed E-state index contributed by atoms with van der Waals surface area (Å²) in [6, 6.07) is 2.53. The lowest BCUT2D eigenvalue weighted by Crippen LogP contribution is -2.14. The first-order valence-electron chi connectivity index (χ1n) is 7.31. The van der Waals surface area contributed by atoms with E-state index in [-0.39, 0.29) is 0 Å². The van der Waals surface area contributed by atoms with Crippen LogP contribution in [0, 0.1) is 0 Å². The van der Waals surface area contributed by atoms with E-state index in [1.807, 2.05) is 7.05 Å². The van der Waals surface area contributed by atoms with Gasteiger partial charge in [0.25, 0.3) is 0 Å². The van der Waals surface area contributed by atoms with Crippen LogP contribution in [0.1, 0.15) is 69.2 Å². The van der Waals surface area contributed by atoms with Gasteiger partial charge in [0, 0.05) is 10.9 Å². The zero-order valence-electron chi connectivity index (χ0n) is 12.0. The first-order valence-corrected chi connectivity index (χ1v) is 9.29. The van der Waals surface area contributed by atoms with E-state index in [2.05, 4.69) is 34.2 Å². The molecule has 0 aliphatic heterocycles. The molecule has 0 amide bonds. The molecule has 110 valence electrons. The molecule has 0 saturated carbocycles. The highest BCUT2D eigenvalue weighted by molar-refractivity contribution is 9.11. The second kappa shape index (κ2) is 10.2. The van der Waals surface area contributed by atoms with Crippen molar-refractivity contribution in [2.75, 3.05) is 7.05 Å². The van der Waals surface area contributed by atoms with Gasteiger partial charge in [-0.05, 0) is 35.5 Å². The van der Waals surface area contributed by atoms with Crippen LogP contribution in [0.3, 0.4) is 0 Å². The Balaban J connectivity index is 2.22. The average molecular weight is 367 g/mol. The molecular weight excluding hydrogens is 342 g/mol.